The third-order valence-corrected chi connectivity index (χ3v) is 3.54. The molecule has 0 aliphatic carbocycles. The first-order valence-electron chi connectivity index (χ1n) is 6.18. The molecule has 1 aromatic carbocycles. The van der Waals surface area contributed by atoms with Crippen molar-refractivity contribution in [1.82, 2.24) is 4.90 Å². The summed E-state index contributed by atoms with van der Waals surface area (Å²) in [6, 6.07) is 5.51. The molecule has 0 unspecified atom stereocenters. The minimum absolute atomic E-state index is 0.181. The summed E-state index contributed by atoms with van der Waals surface area (Å²) in [6.07, 6.45) is 1.48. The Kier molecular flexibility index (Phi) is 4.74. The molecule has 0 radical (unpaired) electrons. The largest absolute Gasteiger partial charge is 0.465 e. The van der Waals surface area contributed by atoms with Gasteiger partial charge >= 0.3 is 5.97 Å². The topological polar surface area (TPSA) is 63.7 Å². The van der Waals surface area contributed by atoms with Gasteiger partial charge in [-0.05, 0) is 42.5 Å². The molecule has 5 nitrogen and oxygen atoms in total. The first-order chi connectivity index (χ1) is 10.0. The van der Waals surface area contributed by atoms with E-state index in [0.29, 0.717) is 5.56 Å². The Labute approximate surface area is 124 Å². The number of rotatable bonds is 4. The fourth-order valence-corrected chi connectivity index (χ4v) is 2.52. The average molecular weight is 309 g/mol. The highest BCUT2D eigenvalue weighted by Crippen LogP contribution is 2.32. The highest BCUT2D eigenvalue weighted by molar-refractivity contribution is 8.18. The van der Waals surface area contributed by atoms with Crippen LogP contribution >= 0.6 is 11.8 Å². The second-order valence-electron chi connectivity index (χ2n) is 4.12. The van der Waals surface area contributed by atoms with E-state index in [4.69, 9.17) is 4.74 Å². The van der Waals surface area contributed by atoms with E-state index in [1.165, 1.54) is 30.3 Å². The van der Waals surface area contributed by atoms with Crippen LogP contribution in [0.15, 0.2) is 29.2 Å². The highest BCUT2D eigenvalue weighted by atomic mass is 32.2. The molecule has 1 aliphatic heterocycles. The molecule has 0 aromatic heterocycles. The van der Waals surface area contributed by atoms with Crippen LogP contribution in [0.1, 0.15) is 12.5 Å². The molecule has 0 atom stereocenters. The lowest BCUT2D eigenvalue weighted by molar-refractivity contribution is -0.145. The summed E-state index contributed by atoms with van der Waals surface area (Å²) in [5.74, 6) is -1.58. The maximum absolute atomic E-state index is 12.8. The van der Waals surface area contributed by atoms with Gasteiger partial charge in [0.15, 0.2) is 0 Å². The van der Waals surface area contributed by atoms with E-state index in [2.05, 4.69) is 0 Å². The van der Waals surface area contributed by atoms with Crippen molar-refractivity contribution < 1.29 is 23.5 Å². The number of esters is 1. The van der Waals surface area contributed by atoms with Crippen molar-refractivity contribution in [2.75, 3.05) is 13.2 Å². The Morgan fingerprint density at radius 2 is 2.00 bits per heavy atom. The smallest absolute Gasteiger partial charge is 0.326 e. The molecular weight excluding hydrogens is 297 g/mol. The highest BCUT2D eigenvalue weighted by Gasteiger charge is 2.36. The lowest BCUT2D eigenvalue weighted by Crippen LogP contribution is -2.34. The summed E-state index contributed by atoms with van der Waals surface area (Å²) in [4.78, 5) is 36.2. The molecule has 0 bridgehead atoms. The van der Waals surface area contributed by atoms with Gasteiger partial charge in [-0.25, -0.2) is 4.39 Å². The van der Waals surface area contributed by atoms with Crippen LogP contribution < -0.4 is 0 Å². The van der Waals surface area contributed by atoms with Gasteiger partial charge in [0, 0.05) is 0 Å². The van der Waals surface area contributed by atoms with E-state index in [1.54, 1.807) is 6.92 Å². The Hall–Kier alpha value is -2.15. The maximum atomic E-state index is 12.8. The molecule has 1 fully saturated rings. The van der Waals surface area contributed by atoms with Crippen molar-refractivity contribution in [2.24, 2.45) is 0 Å². The summed E-state index contributed by atoms with van der Waals surface area (Å²) in [6.45, 7) is 1.42. The van der Waals surface area contributed by atoms with Gasteiger partial charge in [0.05, 0.1) is 11.5 Å². The molecule has 0 saturated carbocycles. The predicted molar refractivity (Wildman–Crippen MR) is 75.7 cm³/mol. The van der Waals surface area contributed by atoms with E-state index in [1.807, 2.05) is 0 Å². The minimum Gasteiger partial charge on any atom is -0.465 e. The Morgan fingerprint density at radius 1 is 1.33 bits per heavy atom. The number of carbonyl (C=O) groups is 3. The van der Waals surface area contributed by atoms with Gasteiger partial charge in [-0.2, -0.15) is 0 Å². The second kappa shape index (κ2) is 6.53. The Bertz CT molecular complexity index is 612. The van der Waals surface area contributed by atoms with Crippen molar-refractivity contribution in [2.45, 2.75) is 6.92 Å². The van der Waals surface area contributed by atoms with Crippen molar-refractivity contribution >= 4 is 35.0 Å². The summed E-state index contributed by atoms with van der Waals surface area (Å²) in [5.41, 5.74) is 0.595. The van der Waals surface area contributed by atoms with E-state index in [-0.39, 0.29) is 17.3 Å². The Morgan fingerprint density at radius 3 is 2.62 bits per heavy atom. The first kappa shape index (κ1) is 15.2. The fraction of sp³-hybridized carbons (Fsp3) is 0.214. The summed E-state index contributed by atoms with van der Waals surface area (Å²) >= 11 is 0.738. The van der Waals surface area contributed by atoms with Gasteiger partial charge < -0.3 is 4.74 Å². The van der Waals surface area contributed by atoms with E-state index in [9.17, 15) is 18.8 Å². The van der Waals surface area contributed by atoms with Crippen LogP contribution in [0, 0.1) is 5.82 Å². The molecule has 7 heteroatoms. The van der Waals surface area contributed by atoms with Gasteiger partial charge in [0.25, 0.3) is 11.1 Å². The zero-order valence-corrected chi connectivity index (χ0v) is 12.0. The molecule has 1 aliphatic rings. The molecule has 0 N–H and O–H groups in total. The van der Waals surface area contributed by atoms with E-state index in [0.717, 1.165) is 16.7 Å². The van der Waals surface area contributed by atoms with Crippen molar-refractivity contribution in [3.8, 4) is 0 Å². The maximum Gasteiger partial charge on any atom is 0.326 e. The van der Waals surface area contributed by atoms with Crippen LogP contribution in [0.25, 0.3) is 6.08 Å². The van der Waals surface area contributed by atoms with Gasteiger partial charge in [-0.3, -0.25) is 19.3 Å². The molecular formula is C14H12FNO4S. The zero-order chi connectivity index (χ0) is 15.4. The van der Waals surface area contributed by atoms with Crippen LogP contribution in [0.3, 0.4) is 0 Å². The lowest BCUT2D eigenvalue weighted by Gasteiger charge is -2.10. The number of hydrogen-bond acceptors (Lipinski definition) is 5. The van der Waals surface area contributed by atoms with Gasteiger partial charge in [-0.1, -0.05) is 12.1 Å². The van der Waals surface area contributed by atoms with E-state index >= 15 is 0 Å². The van der Waals surface area contributed by atoms with Gasteiger partial charge in [-0.15, -0.1) is 0 Å². The van der Waals surface area contributed by atoms with E-state index < -0.39 is 23.7 Å². The molecule has 1 saturated heterocycles. The summed E-state index contributed by atoms with van der Waals surface area (Å²) < 4.78 is 17.5. The number of amides is 2. The molecule has 21 heavy (non-hydrogen) atoms. The quantitative estimate of drug-likeness (QED) is 0.631. The SMILES string of the molecule is CCOC(=O)CN1C(=O)S/C(=C/c2ccc(F)cc2)C1=O. The lowest BCUT2D eigenvalue weighted by atomic mass is 10.2. The third kappa shape index (κ3) is 3.69. The first-order valence-corrected chi connectivity index (χ1v) is 6.99. The monoisotopic (exact) mass is 309 g/mol. The van der Waals surface area contributed by atoms with Crippen LogP contribution in [-0.2, 0) is 14.3 Å². The number of benzene rings is 1. The Balaban J connectivity index is 2.13. The number of thioether (sulfide) groups is 1. The zero-order valence-electron chi connectivity index (χ0n) is 11.2. The summed E-state index contributed by atoms with van der Waals surface area (Å²) in [7, 11) is 0. The van der Waals surface area contributed by atoms with Gasteiger partial charge in [0.2, 0.25) is 0 Å². The van der Waals surface area contributed by atoms with Gasteiger partial charge in [0.1, 0.15) is 12.4 Å². The molecule has 0 spiro atoms. The van der Waals surface area contributed by atoms with Crippen LogP contribution in [0.4, 0.5) is 9.18 Å². The fourth-order valence-electron chi connectivity index (χ4n) is 1.68. The number of imide groups is 1. The normalized spacial score (nSPS) is 16.7. The molecule has 2 amide bonds. The molecule has 2 rings (SSSR count). The molecule has 1 heterocycles. The second-order valence-corrected chi connectivity index (χ2v) is 5.12. The van der Waals surface area contributed by atoms with Crippen molar-refractivity contribution in [3.63, 3.8) is 0 Å². The van der Waals surface area contributed by atoms with Crippen LogP contribution in [0.5, 0.6) is 0 Å². The van der Waals surface area contributed by atoms with Crippen LogP contribution in [0.2, 0.25) is 0 Å². The molecule has 110 valence electrons. The number of ether oxygens (including phenoxy) is 1. The predicted octanol–water partition coefficient (Wildman–Crippen LogP) is 2.43. The number of halogens is 1. The summed E-state index contributed by atoms with van der Waals surface area (Å²) in [5, 5.41) is -0.526. The third-order valence-electron chi connectivity index (χ3n) is 2.63. The molecule has 1 aromatic rings. The number of nitrogens with zero attached hydrogens (tertiary/aromatic N) is 1. The minimum atomic E-state index is -0.636. The van der Waals surface area contributed by atoms with Crippen molar-refractivity contribution in [1.29, 1.82) is 0 Å². The standard InChI is InChI=1S/C14H12FNO4S/c1-2-20-12(17)8-16-13(18)11(21-14(16)19)7-9-3-5-10(15)6-4-9/h3-7H,2,8H2,1H3/b11-7+. The van der Waals surface area contributed by atoms with Crippen molar-refractivity contribution in [3.05, 3.63) is 40.6 Å². The number of hydrogen-bond donors (Lipinski definition) is 0. The number of carbonyl (C=O) groups excluding carboxylic acids is 3. The average Bonchev–Trinajstić information content (AvgIpc) is 2.69. The van der Waals surface area contributed by atoms with Crippen LogP contribution in [-0.4, -0.2) is 35.2 Å².